The van der Waals surface area contributed by atoms with Gasteiger partial charge in [0.05, 0.1) is 5.69 Å². The fourth-order valence-corrected chi connectivity index (χ4v) is 1.66. The molecule has 0 fully saturated rings. The third kappa shape index (κ3) is 2.18. The fraction of sp³-hybridized carbons (Fsp3) is 0.200. The van der Waals surface area contributed by atoms with Gasteiger partial charge >= 0.3 is 0 Å². The Bertz CT molecular complexity index is 279. The van der Waals surface area contributed by atoms with Gasteiger partial charge in [-0.15, -0.1) is 0 Å². The molecule has 0 spiro atoms. The van der Waals surface area contributed by atoms with Crippen molar-refractivity contribution in [3.05, 3.63) is 21.2 Å². The molecule has 0 aliphatic rings. The lowest BCUT2D eigenvalue weighted by atomic mass is 10.5. The Kier molecular flexibility index (Phi) is 3.37. The molecule has 0 atom stereocenters. The summed E-state index contributed by atoms with van der Waals surface area (Å²) < 4.78 is 0. The molecule has 0 aliphatic heterocycles. The third-order valence-corrected chi connectivity index (χ3v) is 2.45. The number of hydrogen-bond acceptors (Lipinski definition) is 2. The molecule has 0 saturated carbocycles. The monoisotopic (exact) mass is 274 g/mol. The van der Waals surface area contributed by atoms with Gasteiger partial charge in [0.25, 0.3) is 0 Å². The zero-order valence-electron chi connectivity index (χ0n) is 5.11. The molecule has 1 heterocycles. The smallest absolute Gasteiger partial charge is 0.220 e. The van der Waals surface area contributed by atoms with Gasteiger partial charge in [0.15, 0.2) is 5.15 Å². The number of alkyl halides is 1. The molecule has 0 aromatic carbocycles. The highest BCUT2D eigenvalue weighted by Crippen LogP contribution is 2.25. The Morgan fingerprint density at radius 3 is 2.36 bits per heavy atom. The highest BCUT2D eigenvalue weighted by Gasteiger charge is 2.08. The Hall–Kier alpha value is 0.430. The van der Waals surface area contributed by atoms with Gasteiger partial charge in [-0.1, -0.05) is 39.1 Å². The Labute approximate surface area is 87.0 Å². The van der Waals surface area contributed by atoms with Crippen molar-refractivity contribution in [3.8, 4) is 0 Å². The van der Waals surface area contributed by atoms with Crippen LogP contribution in [0.15, 0.2) is 0 Å². The third-order valence-electron chi connectivity index (χ3n) is 0.979. The maximum atomic E-state index is 5.72. The average molecular weight is 276 g/mol. The van der Waals surface area contributed by atoms with Crippen molar-refractivity contribution in [2.45, 2.75) is 5.33 Å². The van der Waals surface area contributed by atoms with Gasteiger partial charge < -0.3 is 0 Å². The van der Waals surface area contributed by atoms with Crippen molar-refractivity contribution in [2.24, 2.45) is 0 Å². The van der Waals surface area contributed by atoms with Crippen LogP contribution in [0.5, 0.6) is 0 Å². The molecule has 0 aliphatic carbocycles. The Morgan fingerprint density at radius 1 is 1.18 bits per heavy atom. The van der Waals surface area contributed by atoms with E-state index in [-0.39, 0.29) is 10.4 Å². The van der Waals surface area contributed by atoms with Gasteiger partial charge in [0.2, 0.25) is 5.28 Å². The van der Waals surface area contributed by atoms with Crippen LogP contribution in [0, 0.1) is 0 Å². The van der Waals surface area contributed by atoms with E-state index in [1.807, 2.05) is 0 Å². The highest BCUT2D eigenvalue weighted by molar-refractivity contribution is 9.08. The van der Waals surface area contributed by atoms with E-state index in [2.05, 4.69) is 25.9 Å². The summed E-state index contributed by atoms with van der Waals surface area (Å²) in [6, 6.07) is 0. The van der Waals surface area contributed by atoms with Crippen LogP contribution in [0.2, 0.25) is 15.5 Å². The second kappa shape index (κ2) is 3.90. The number of nitrogens with zero attached hydrogens (tertiary/aromatic N) is 2. The second-order valence-corrected chi connectivity index (χ2v) is 3.31. The molecule has 0 saturated heterocycles. The predicted octanol–water partition coefficient (Wildman–Crippen LogP) is 3.33. The maximum absolute atomic E-state index is 5.72. The van der Waals surface area contributed by atoms with Gasteiger partial charge in [-0.25, -0.2) is 9.97 Å². The minimum atomic E-state index is 0.105. The molecule has 11 heavy (non-hydrogen) atoms. The molecule has 0 radical (unpaired) electrons. The normalized spacial score (nSPS) is 10.2. The van der Waals surface area contributed by atoms with Crippen molar-refractivity contribution in [3.63, 3.8) is 0 Å². The number of halogens is 4. The van der Waals surface area contributed by atoms with Gasteiger partial charge in [-0.3, -0.25) is 0 Å². The first kappa shape index (κ1) is 9.52. The Morgan fingerprint density at radius 2 is 1.82 bits per heavy atom. The van der Waals surface area contributed by atoms with Gasteiger partial charge in [-0.2, -0.15) is 0 Å². The zero-order chi connectivity index (χ0) is 8.43. The highest BCUT2D eigenvalue weighted by atomic mass is 79.9. The molecular weight excluding hydrogens is 274 g/mol. The summed E-state index contributed by atoms with van der Waals surface area (Å²) in [4.78, 5) is 7.49. The van der Waals surface area contributed by atoms with Crippen molar-refractivity contribution in [2.75, 3.05) is 0 Å². The predicted molar refractivity (Wildman–Crippen MR) is 49.7 cm³/mol. The number of aromatic nitrogens is 2. The standard InChI is InChI=1S/C5H2BrCl3N2/c6-1-2-3(7)4(8)11-5(9)10-2/h1H2. The van der Waals surface area contributed by atoms with E-state index in [1.165, 1.54) is 0 Å². The van der Waals surface area contributed by atoms with E-state index in [4.69, 9.17) is 34.8 Å². The SMILES string of the molecule is Clc1nc(Cl)c(Cl)c(CBr)n1. The van der Waals surface area contributed by atoms with Crippen LogP contribution in [-0.2, 0) is 5.33 Å². The molecule has 6 heteroatoms. The van der Waals surface area contributed by atoms with Crippen LogP contribution in [0.1, 0.15) is 5.69 Å². The summed E-state index contributed by atoms with van der Waals surface area (Å²) in [6.07, 6.45) is 0. The lowest BCUT2D eigenvalue weighted by molar-refractivity contribution is 1.09. The molecule has 60 valence electrons. The Balaban J connectivity index is 3.24. The van der Waals surface area contributed by atoms with Crippen LogP contribution in [0.4, 0.5) is 0 Å². The summed E-state index contributed by atoms with van der Waals surface area (Å²) in [6.45, 7) is 0. The summed E-state index contributed by atoms with van der Waals surface area (Å²) in [5.41, 5.74) is 0.594. The molecule has 0 unspecified atom stereocenters. The van der Waals surface area contributed by atoms with Crippen molar-refractivity contribution < 1.29 is 0 Å². The second-order valence-electron chi connectivity index (χ2n) is 1.68. The summed E-state index contributed by atoms with van der Waals surface area (Å²) in [5, 5.41) is 1.14. The average Bonchev–Trinajstić information content (AvgIpc) is 1.96. The van der Waals surface area contributed by atoms with Crippen LogP contribution in [0.25, 0.3) is 0 Å². The lowest BCUT2D eigenvalue weighted by Gasteiger charge is -1.99. The molecule has 0 bridgehead atoms. The van der Waals surface area contributed by atoms with E-state index < -0.39 is 0 Å². The molecule has 1 rings (SSSR count). The lowest BCUT2D eigenvalue weighted by Crippen LogP contribution is -1.91. The van der Waals surface area contributed by atoms with Gasteiger partial charge in [0.1, 0.15) is 5.02 Å². The maximum Gasteiger partial charge on any atom is 0.224 e. The first-order chi connectivity index (χ1) is 5.15. The van der Waals surface area contributed by atoms with Crippen LogP contribution >= 0.6 is 50.7 Å². The fourth-order valence-electron chi connectivity index (χ4n) is 0.523. The van der Waals surface area contributed by atoms with Crippen molar-refractivity contribution in [1.29, 1.82) is 0 Å². The van der Waals surface area contributed by atoms with E-state index in [1.54, 1.807) is 0 Å². The largest absolute Gasteiger partial charge is 0.224 e. The zero-order valence-corrected chi connectivity index (χ0v) is 8.97. The van der Waals surface area contributed by atoms with Crippen molar-refractivity contribution in [1.82, 2.24) is 9.97 Å². The molecule has 0 amide bonds. The van der Waals surface area contributed by atoms with Crippen molar-refractivity contribution >= 4 is 50.7 Å². The topological polar surface area (TPSA) is 25.8 Å². The first-order valence-electron chi connectivity index (χ1n) is 2.58. The number of hydrogen-bond donors (Lipinski definition) is 0. The summed E-state index contributed by atoms with van der Waals surface area (Å²) in [7, 11) is 0. The molecule has 1 aromatic heterocycles. The van der Waals surface area contributed by atoms with Gasteiger partial charge in [-0.05, 0) is 11.6 Å². The minimum absolute atomic E-state index is 0.105. The van der Waals surface area contributed by atoms with Gasteiger partial charge in [0, 0.05) is 5.33 Å². The van der Waals surface area contributed by atoms with E-state index in [9.17, 15) is 0 Å². The van der Waals surface area contributed by atoms with E-state index >= 15 is 0 Å². The van der Waals surface area contributed by atoms with E-state index in [0.717, 1.165) is 0 Å². The summed E-state index contributed by atoms with van der Waals surface area (Å²) in [5.74, 6) is 0. The van der Waals surface area contributed by atoms with Crippen LogP contribution < -0.4 is 0 Å². The summed E-state index contributed by atoms with van der Waals surface area (Å²) >= 11 is 20.0. The van der Waals surface area contributed by atoms with Crippen LogP contribution in [0.3, 0.4) is 0 Å². The molecular formula is C5H2BrCl3N2. The minimum Gasteiger partial charge on any atom is -0.220 e. The first-order valence-corrected chi connectivity index (χ1v) is 4.84. The molecule has 0 N–H and O–H groups in total. The molecule has 2 nitrogen and oxygen atoms in total. The van der Waals surface area contributed by atoms with E-state index in [0.29, 0.717) is 16.0 Å². The van der Waals surface area contributed by atoms with Crippen LogP contribution in [-0.4, -0.2) is 9.97 Å². The number of rotatable bonds is 1. The quantitative estimate of drug-likeness (QED) is 0.447. The molecule has 1 aromatic rings.